The molecule has 8 heteroatoms. The minimum Gasteiger partial charge on any atom is -0.377 e. The van der Waals surface area contributed by atoms with Gasteiger partial charge < -0.3 is 14.6 Å². The maximum Gasteiger partial charge on any atom is 0.279 e. The van der Waals surface area contributed by atoms with Gasteiger partial charge in [0.1, 0.15) is 6.61 Å². The zero-order valence-electron chi connectivity index (χ0n) is 11.7. The molecule has 3 aromatic rings. The summed E-state index contributed by atoms with van der Waals surface area (Å²) in [5.74, 6) is 0.471. The molecule has 8 nitrogen and oxygen atoms in total. The van der Waals surface area contributed by atoms with E-state index in [4.69, 9.17) is 9.26 Å². The van der Waals surface area contributed by atoms with Crippen LogP contribution >= 0.6 is 0 Å². The lowest BCUT2D eigenvalue weighted by Crippen LogP contribution is -2.12. The van der Waals surface area contributed by atoms with Crippen molar-refractivity contribution in [3.05, 3.63) is 48.1 Å². The third-order valence-electron chi connectivity index (χ3n) is 2.89. The summed E-state index contributed by atoms with van der Waals surface area (Å²) in [6.07, 6.45) is 3.36. The van der Waals surface area contributed by atoms with Crippen molar-refractivity contribution in [2.75, 3.05) is 12.4 Å². The van der Waals surface area contributed by atoms with Gasteiger partial charge in [-0.2, -0.15) is 5.10 Å². The molecule has 3 aromatic heterocycles. The predicted octanol–water partition coefficient (Wildman–Crippen LogP) is 1.86. The summed E-state index contributed by atoms with van der Waals surface area (Å²) in [6.45, 7) is 0.259. The van der Waals surface area contributed by atoms with Crippen LogP contribution in [0.25, 0.3) is 11.3 Å². The number of carbonyl (C=O) groups excluding carboxylic acids is 1. The number of anilines is 1. The standard InChI is InChI=1S/C14H13N5O3/c1-21-8-10-6-12(19-22-10)14(20)16-13-7-11(17-18-13)9-2-4-15-5-3-9/h2-7H,8H2,1H3,(H2,16,17,18,20). The average molecular weight is 299 g/mol. The molecule has 0 fully saturated rings. The summed E-state index contributed by atoms with van der Waals surface area (Å²) in [5, 5.41) is 13.2. The summed E-state index contributed by atoms with van der Waals surface area (Å²) in [5.41, 5.74) is 1.87. The average Bonchev–Trinajstić information content (AvgIpc) is 3.18. The molecule has 0 aliphatic rings. The van der Waals surface area contributed by atoms with Crippen LogP contribution in [0.5, 0.6) is 0 Å². The number of nitrogens with zero attached hydrogens (tertiary/aromatic N) is 3. The molecule has 0 bridgehead atoms. The number of hydrogen-bond donors (Lipinski definition) is 2. The zero-order valence-corrected chi connectivity index (χ0v) is 11.7. The van der Waals surface area contributed by atoms with Crippen LogP contribution in [0.2, 0.25) is 0 Å². The minimum absolute atomic E-state index is 0.167. The highest BCUT2D eigenvalue weighted by molar-refractivity contribution is 6.02. The molecule has 112 valence electrons. The van der Waals surface area contributed by atoms with Gasteiger partial charge in [0.05, 0.1) is 5.69 Å². The predicted molar refractivity (Wildman–Crippen MR) is 77.0 cm³/mol. The van der Waals surface area contributed by atoms with Crippen LogP contribution in [0.1, 0.15) is 16.2 Å². The molecule has 22 heavy (non-hydrogen) atoms. The van der Waals surface area contributed by atoms with E-state index in [1.807, 2.05) is 12.1 Å². The first-order chi connectivity index (χ1) is 10.8. The van der Waals surface area contributed by atoms with Crippen LogP contribution in [-0.4, -0.2) is 33.4 Å². The Labute approximate surface area is 125 Å². The van der Waals surface area contributed by atoms with Crippen LogP contribution in [0, 0.1) is 0 Å². The van der Waals surface area contributed by atoms with E-state index < -0.39 is 5.91 Å². The van der Waals surface area contributed by atoms with E-state index in [-0.39, 0.29) is 12.3 Å². The summed E-state index contributed by atoms with van der Waals surface area (Å²) in [6, 6.07) is 6.93. The van der Waals surface area contributed by atoms with Gasteiger partial charge in [0.15, 0.2) is 17.3 Å². The van der Waals surface area contributed by atoms with E-state index in [9.17, 15) is 4.79 Å². The molecular weight excluding hydrogens is 286 g/mol. The molecule has 0 aliphatic carbocycles. The van der Waals surface area contributed by atoms with Crippen molar-refractivity contribution in [2.24, 2.45) is 0 Å². The second kappa shape index (κ2) is 6.19. The van der Waals surface area contributed by atoms with E-state index in [2.05, 4.69) is 25.7 Å². The number of aromatic nitrogens is 4. The van der Waals surface area contributed by atoms with Crippen molar-refractivity contribution >= 4 is 11.7 Å². The van der Waals surface area contributed by atoms with Gasteiger partial charge in [0.25, 0.3) is 5.91 Å². The van der Waals surface area contributed by atoms with Crippen LogP contribution in [0.3, 0.4) is 0 Å². The van der Waals surface area contributed by atoms with Gasteiger partial charge in [-0.25, -0.2) is 0 Å². The fourth-order valence-corrected chi connectivity index (χ4v) is 1.88. The first-order valence-electron chi connectivity index (χ1n) is 6.48. The Balaban J connectivity index is 1.70. The molecule has 0 atom stereocenters. The van der Waals surface area contributed by atoms with E-state index in [0.717, 1.165) is 11.3 Å². The number of aromatic amines is 1. The van der Waals surface area contributed by atoms with Gasteiger partial charge >= 0.3 is 0 Å². The van der Waals surface area contributed by atoms with Gasteiger partial charge in [-0.05, 0) is 12.1 Å². The van der Waals surface area contributed by atoms with Crippen LogP contribution in [0.4, 0.5) is 5.82 Å². The van der Waals surface area contributed by atoms with Crippen molar-refractivity contribution in [1.29, 1.82) is 0 Å². The first kappa shape index (κ1) is 14.0. The maximum atomic E-state index is 12.0. The Kier molecular flexibility index (Phi) is 3.92. The Morgan fingerprint density at radius 2 is 2.18 bits per heavy atom. The van der Waals surface area contributed by atoms with Crippen LogP contribution in [-0.2, 0) is 11.3 Å². The molecule has 0 aromatic carbocycles. The number of carbonyl (C=O) groups is 1. The Hall–Kier alpha value is -3.00. The largest absolute Gasteiger partial charge is 0.377 e. The first-order valence-corrected chi connectivity index (χ1v) is 6.48. The fraction of sp³-hybridized carbons (Fsp3) is 0.143. The molecule has 0 spiro atoms. The Morgan fingerprint density at radius 1 is 1.36 bits per heavy atom. The van der Waals surface area contributed by atoms with Crippen molar-refractivity contribution in [1.82, 2.24) is 20.3 Å². The van der Waals surface area contributed by atoms with Crippen LogP contribution in [0.15, 0.2) is 41.2 Å². The molecule has 0 saturated carbocycles. The van der Waals surface area contributed by atoms with Gasteiger partial charge in [0.2, 0.25) is 0 Å². The van der Waals surface area contributed by atoms with Gasteiger partial charge in [0, 0.05) is 37.2 Å². The highest BCUT2D eigenvalue weighted by Gasteiger charge is 2.14. The number of hydrogen-bond acceptors (Lipinski definition) is 6. The topological polar surface area (TPSA) is 106 Å². The number of rotatable bonds is 5. The number of pyridine rings is 1. The van der Waals surface area contributed by atoms with Crippen molar-refractivity contribution in [3.63, 3.8) is 0 Å². The van der Waals surface area contributed by atoms with E-state index >= 15 is 0 Å². The van der Waals surface area contributed by atoms with Gasteiger partial charge in [-0.3, -0.25) is 14.9 Å². The second-order valence-corrected chi connectivity index (χ2v) is 4.47. The summed E-state index contributed by atoms with van der Waals surface area (Å²) in [7, 11) is 1.53. The number of H-pyrrole nitrogens is 1. The lowest BCUT2D eigenvalue weighted by atomic mass is 10.2. The summed E-state index contributed by atoms with van der Waals surface area (Å²) in [4.78, 5) is 16.0. The molecule has 0 unspecified atom stereocenters. The molecule has 3 rings (SSSR count). The van der Waals surface area contributed by atoms with Crippen molar-refractivity contribution < 1.29 is 14.1 Å². The summed E-state index contributed by atoms with van der Waals surface area (Å²) >= 11 is 0. The van der Waals surface area contributed by atoms with E-state index in [1.54, 1.807) is 18.5 Å². The molecule has 1 amide bonds. The minimum atomic E-state index is -0.404. The molecule has 0 radical (unpaired) electrons. The number of nitrogens with one attached hydrogen (secondary N) is 2. The molecule has 0 aliphatic heterocycles. The van der Waals surface area contributed by atoms with E-state index in [1.165, 1.54) is 13.2 Å². The Bertz CT molecular complexity index is 766. The quantitative estimate of drug-likeness (QED) is 0.744. The lowest BCUT2D eigenvalue weighted by molar-refractivity contribution is 0.101. The van der Waals surface area contributed by atoms with E-state index in [0.29, 0.717) is 11.6 Å². The lowest BCUT2D eigenvalue weighted by Gasteiger charge is -1.96. The third kappa shape index (κ3) is 3.01. The van der Waals surface area contributed by atoms with Gasteiger partial charge in [-0.1, -0.05) is 5.16 Å². The third-order valence-corrected chi connectivity index (χ3v) is 2.89. The van der Waals surface area contributed by atoms with Gasteiger partial charge in [-0.15, -0.1) is 0 Å². The number of methoxy groups -OCH3 is 1. The zero-order chi connectivity index (χ0) is 15.4. The number of amides is 1. The maximum absolute atomic E-state index is 12.0. The van der Waals surface area contributed by atoms with Crippen LogP contribution < -0.4 is 5.32 Å². The highest BCUT2D eigenvalue weighted by atomic mass is 16.5. The van der Waals surface area contributed by atoms with Crippen molar-refractivity contribution in [2.45, 2.75) is 6.61 Å². The fourth-order valence-electron chi connectivity index (χ4n) is 1.88. The molecule has 0 saturated heterocycles. The Morgan fingerprint density at radius 3 is 2.95 bits per heavy atom. The van der Waals surface area contributed by atoms with Crippen molar-refractivity contribution in [3.8, 4) is 11.3 Å². The monoisotopic (exact) mass is 299 g/mol. The summed E-state index contributed by atoms with van der Waals surface area (Å²) < 4.78 is 9.87. The number of ether oxygens (including phenoxy) is 1. The second-order valence-electron chi connectivity index (χ2n) is 4.47. The molecular formula is C14H13N5O3. The smallest absolute Gasteiger partial charge is 0.279 e. The molecule has 3 heterocycles. The molecule has 2 N–H and O–H groups in total. The highest BCUT2D eigenvalue weighted by Crippen LogP contribution is 2.19. The SMILES string of the molecule is COCc1cc(C(=O)Nc2cc(-c3ccncc3)[nH]n2)no1. The normalized spacial score (nSPS) is 10.6.